The Morgan fingerprint density at radius 1 is 1.03 bits per heavy atom. The standard InChI is InChI=1S/C20H19Cl2N3O4/c1-27-16-8-3-5-13(19(16)28-2)11-25-17(9-10-23-25)24-18(26)12-29-20-14(21)6-4-7-15(20)22/h3-10H,11-12H2,1-2H3,(H,24,26). The van der Waals surface area contributed by atoms with Crippen LogP contribution in [0.3, 0.4) is 0 Å². The lowest BCUT2D eigenvalue weighted by Crippen LogP contribution is -2.22. The number of halogens is 2. The summed E-state index contributed by atoms with van der Waals surface area (Å²) in [4.78, 5) is 12.3. The van der Waals surface area contributed by atoms with E-state index in [1.807, 2.05) is 18.2 Å². The molecule has 0 atom stereocenters. The molecule has 0 spiro atoms. The van der Waals surface area contributed by atoms with E-state index >= 15 is 0 Å². The Balaban J connectivity index is 1.69. The number of nitrogens with zero attached hydrogens (tertiary/aromatic N) is 2. The normalized spacial score (nSPS) is 10.5. The van der Waals surface area contributed by atoms with Crippen molar-refractivity contribution < 1.29 is 19.0 Å². The van der Waals surface area contributed by atoms with Gasteiger partial charge in [0.1, 0.15) is 5.82 Å². The molecule has 3 rings (SSSR count). The molecule has 2 aromatic carbocycles. The van der Waals surface area contributed by atoms with Crippen molar-refractivity contribution in [2.75, 3.05) is 26.1 Å². The summed E-state index contributed by atoms with van der Waals surface area (Å²) in [6.07, 6.45) is 1.59. The second-order valence-corrected chi connectivity index (χ2v) is 6.73. The lowest BCUT2D eigenvalue weighted by Gasteiger charge is -2.14. The molecule has 0 saturated heterocycles. The highest BCUT2D eigenvalue weighted by Crippen LogP contribution is 2.33. The maximum absolute atomic E-state index is 12.3. The Kier molecular flexibility index (Phi) is 6.85. The summed E-state index contributed by atoms with van der Waals surface area (Å²) >= 11 is 12.1. The number of anilines is 1. The first kappa shape index (κ1) is 20.8. The van der Waals surface area contributed by atoms with Gasteiger partial charge < -0.3 is 19.5 Å². The minimum absolute atomic E-state index is 0.253. The molecule has 1 N–H and O–H groups in total. The molecule has 1 heterocycles. The number of aromatic nitrogens is 2. The Hall–Kier alpha value is -2.90. The van der Waals surface area contributed by atoms with Crippen LogP contribution in [0.5, 0.6) is 17.2 Å². The highest BCUT2D eigenvalue weighted by molar-refractivity contribution is 6.37. The van der Waals surface area contributed by atoms with Crippen LogP contribution in [-0.4, -0.2) is 36.5 Å². The maximum atomic E-state index is 12.3. The van der Waals surface area contributed by atoms with Crippen molar-refractivity contribution in [2.24, 2.45) is 0 Å². The SMILES string of the molecule is COc1cccc(Cn2nccc2NC(=O)COc2c(Cl)cccc2Cl)c1OC. The zero-order valence-electron chi connectivity index (χ0n) is 15.8. The molecule has 3 aromatic rings. The van der Waals surface area contributed by atoms with Crippen LogP contribution >= 0.6 is 23.2 Å². The van der Waals surface area contributed by atoms with E-state index in [4.69, 9.17) is 37.4 Å². The topological polar surface area (TPSA) is 74.6 Å². The molecule has 29 heavy (non-hydrogen) atoms. The molecule has 152 valence electrons. The molecule has 7 nitrogen and oxygen atoms in total. The first-order valence-electron chi connectivity index (χ1n) is 8.61. The number of nitrogens with one attached hydrogen (secondary N) is 1. The molecule has 0 aliphatic carbocycles. The molecule has 1 amide bonds. The van der Waals surface area contributed by atoms with Crippen molar-refractivity contribution in [2.45, 2.75) is 6.54 Å². The van der Waals surface area contributed by atoms with E-state index in [0.717, 1.165) is 5.56 Å². The van der Waals surface area contributed by atoms with Crippen LogP contribution in [0.25, 0.3) is 0 Å². The molecule has 0 saturated carbocycles. The van der Waals surface area contributed by atoms with Gasteiger partial charge in [-0.15, -0.1) is 0 Å². The molecular formula is C20H19Cl2N3O4. The number of carbonyl (C=O) groups is 1. The highest BCUT2D eigenvalue weighted by atomic mass is 35.5. The fraction of sp³-hybridized carbons (Fsp3) is 0.200. The van der Waals surface area contributed by atoms with Gasteiger partial charge in [-0.1, -0.05) is 41.4 Å². The largest absolute Gasteiger partial charge is 0.493 e. The Bertz CT molecular complexity index is 987. The lowest BCUT2D eigenvalue weighted by molar-refractivity contribution is -0.118. The lowest BCUT2D eigenvalue weighted by atomic mass is 10.2. The van der Waals surface area contributed by atoms with E-state index in [-0.39, 0.29) is 18.3 Å². The van der Waals surface area contributed by atoms with Gasteiger partial charge in [0.25, 0.3) is 5.91 Å². The van der Waals surface area contributed by atoms with E-state index in [1.54, 1.807) is 49.4 Å². The van der Waals surface area contributed by atoms with Crippen LogP contribution in [0.2, 0.25) is 10.0 Å². The third-order valence-electron chi connectivity index (χ3n) is 4.06. The second-order valence-electron chi connectivity index (χ2n) is 5.91. The summed E-state index contributed by atoms with van der Waals surface area (Å²) in [5.74, 6) is 1.63. The number of para-hydroxylation sites is 2. The van der Waals surface area contributed by atoms with Crippen LogP contribution in [0.1, 0.15) is 5.56 Å². The smallest absolute Gasteiger partial charge is 0.263 e. The van der Waals surface area contributed by atoms with Gasteiger partial charge in [0.2, 0.25) is 0 Å². The third-order valence-corrected chi connectivity index (χ3v) is 4.65. The third kappa shape index (κ3) is 4.93. The molecule has 0 unspecified atom stereocenters. The average molecular weight is 436 g/mol. The number of carbonyl (C=O) groups excluding carboxylic acids is 1. The van der Waals surface area contributed by atoms with Crippen molar-refractivity contribution in [3.63, 3.8) is 0 Å². The monoisotopic (exact) mass is 435 g/mol. The minimum Gasteiger partial charge on any atom is -0.493 e. The van der Waals surface area contributed by atoms with Crippen LogP contribution in [0, 0.1) is 0 Å². The van der Waals surface area contributed by atoms with Crippen molar-refractivity contribution in [1.82, 2.24) is 9.78 Å². The summed E-state index contributed by atoms with van der Waals surface area (Å²) in [7, 11) is 3.15. The van der Waals surface area contributed by atoms with Gasteiger partial charge in [-0.2, -0.15) is 5.10 Å². The van der Waals surface area contributed by atoms with Crippen LogP contribution in [-0.2, 0) is 11.3 Å². The van der Waals surface area contributed by atoms with Gasteiger partial charge in [-0.05, 0) is 18.2 Å². The molecule has 9 heteroatoms. The van der Waals surface area contributed by atoms with Gasteiger partial charge in [-0.25, -0.2) is 4.68 Å². The van der Waals surface area contributed by atoms with Crippen molar-refractivity contribution in [1.29, 1.82) is 0 Å². The summed E-state index contributed by atoms with van der Waals surface area (Å²) < 4.78 is 17.9. The summed E-state index contributed by atoms with van der Waals surface area (Å²) in [5, 5.41) is 7.70. The fourth-order valence-corrected chi connectivity index (χ4v) is 3.25. The van der Waals surface area contributed by atoms with Crippen molar-refractivity contribution in [3.8, 4) is 17.2 Å². The van der Waals surface area contributed by atoms with Crippen molar-refractivity contribution in [3.05, 3.63) is 64.3 Å². The highest BCUT2D eigenvalue weighted by Gasteiger charge is 2.14. The van der Waals surface area contributed by atoms with Gasteiger partial charge >= 0.3 is 0 Å². The molecule has 0 aliphatic heterocycles. The number of amides is 1. The zero-order valence-corrected chi connectivity index (χ0v) is 17.3. The van der Waals surface area contributed by atoms with E-state index < -0.39 is 0 Å². The molecule has 1 aromatic heterocycles. The predicted molar refractivity (Wildman–Crippen MR) is 111 cm³/mol. The van der Waals surface area contributed by atoms with E-state index in [1.165, 1.54) is 0 Å². The summed E-state index contributed by atoms with van der Waals surface area (Å²) in [6.45, 7) is 0.122. The van der Waals surface area contributed by atoms with Gasteiger partial charge in [0.15, 0.2) is 23.9 Å². The Morgan fingerprint density at radius 2 is 1.76 bits per heavy atom. The van der Waals surface area contributed by atoms with Gasteiger partial charge in [-0.3, -0.25) is 4.79 Å². The molecule has 0 fully saturated rings. The second kappa shape index (κ2) is 9.54. The van der Waals surface area contributed by atoms with Crippen molar-refractivity contribution >= 4 is 34.9 Å². The van der Waals surface area contributed by atoms with Crippen LogP contribution < -0.4 is 19.5 Å². The Labute approximate surface area is 178 Å². The number of methoxy groups -OCH3 is 2. The van der Waals surface area contributed by atoms with Gasteiger partial charge in [0, 0.05) is 11.6 Å². The molecular weight excluding hydrogens is 417 g/mol. The molecule has 0 radical (unpaired) electrons. The van der Waals surface area contributed by atoms with Crippen LogP contribution in [0.4, 0.5) is 5.82 Å². The van der Waals surface area contributed by atoms with E-state index in [9.17, 15) is 4.79 Å². The number of hydrogen-bond acceptors (Lipinski definition) is 5. The summed E-state index contributed by atoms with van der Waals surface area (Å²) in [5.41, 5.74) is 0.852. The maximum Gasteiger partial charge on any atom is 0.263 e. The number of hydrogen-bond donors (Lipinski definition) is 1. The Morgan fingerprint density at radius 3 is 2.45 bits per heavy atom. The first-order valence-corrected chi connectivity index (χ1v) is 9.37. The summed E-state index contributed by atoms with van der Waals surface area (Å²) in [6, 6.07) is 12.2. The first-order chi connectivity index (χ1) is 14.0. The van der Waals surface area contributed by atoms with Gasteiger partial charge in [0.05, 0.1) is 37.0 Å². The fourth-order valence-electron chi connectivity index (χ4n) is 2.74. The average Bonchev–Trinajstić information content (AvgIpc) is 3.13. The quantitative estimate of drug-likeness (QED) is 0.571. The van der Waals surface area contributed by atoms with E-state index in [2.05, 4.69) is 10.4 Å². The number of rotatable bonds is 8. The molecule has 0 bridgehead atoms. The number of ether oxygens (including phenoxy) is 3. The zero-order chi connectivity index (χ0) is 20.8. The molecule has 0 aliphatic rings. The van der Waals surface area contributed by atoms with Crippen LogP contribution in [0.15, 0.2) is 48.7 Å². The predicted octanol–water partition coefficient (Wildman–Crippen LogP) is 4.27. The van der Waals surface area contributed by atoms with E-state index in [0.29, 0.717) is 33.9 Å². The minimum atomic E-state index is -0.375. The number of benzene rings is 2.